The molecule has 0 aliphatic carbocycles. The molecule has 0 radical (unpaired) electrons. The van der Waals surface area contributed by atoms with E-state index in [1.165, 1.54) is 24.6 Å². The summed E-state index contributed by atoms with van der Waals surface area (Å²) in [5.74, 6) is -0.436. The lowest BCUT2D eigenvalue weighted by Gasteiger charge is -2.15. The largest absolute Gasteiger partial charge is 0.494 e. The van der Waals surface area contributed by atoms with E-state index in [4.69, 9.17) is 4.74 Å². The van der Waals surface area contributed by atoms with Crippen molar-refractivity contribution in [2.24, 2.45) is 0 Å². The third kappa shape index (κ3) is 3.97. The van der Waals surface area contributed by atoms with Crippen molar-refractivity contribution < 1.29 is 13.9 Å². The molecule has 0 saturated carbocycles. The van der Waals surface area contributed by atoms with Crippen molar-refractivity contribution in [3.8, 4) is 5.75 Å². The second-order valence-electron chi connectivity index (χ2n) is 6.04. The van der Waals surface area contributed by atoms with Crippen molar-refractivity contribution in [2.75, 3.05) is 7.11 Å². The summed E-state index contributed by atoms with van der Waals surface area (Å²) in [6, 6.07) is 18.7. The molecule has 3 aromatic carbocycles. The predicted molar refractivity (Wildman–Crippen MR) is 97.2 cm³/mol. The number of amides is 1. The molecule has 3 nitrogen and oxygen atoms in total. The van der Waals surface area contributed by atoms with Crippen molar-refractivity contribution in [3.63, 3.8) is 0 Å². The zero-order valence-electron chi connectivity index (χ0n) is 14.3. The number of ether oxygens (including phenoxy) is 1. The number of carbonyl (C=O) groups excluding carboxylic acids is 1. The Morgan fingerprint density at radius 3 is 2.56 bits per heavy atom. The standard InChI is InChI=1S/C21H20FNO2/c1-14(17-9-8-16-5-3-4-6-18(16)13-17)23-21(24)12-15-7-10-20(25-2)19(22)11-15/h3-11,13-14H,12H2,1-2H3,(H,23,24). The van der Waals surface area contributed by atoms with Gasteiger partial charge in [0.15, 0.2) is 11.6 Å². The molecule has 1 N–H and O–H groups in total. The average molecular weight is 337 g/mol. The molecule has 4 heteroatoms. The van der Waals surface area contributed by atoms with Crippen LogP contribution in [0.25, 0.3) is 10.8 Å². The molecule has 3 rings (SSSR count). The van der Waals surface area contributed by atoms with Crippen LogP contribution >= 0.6 is 0 Å². The lowest BCUT2D eigenvalue weighted by Crippen LogP contribution is -2.28. The van der Waals surface area contributed by atoms with Gasteiger partial charge >= 0.3 is 0 Å². The van der Waals surface area contributed by atoms with Crippen LogP contribution in [0.3, 0.4) is 0 Å². The minimum absolute atomic E-state index is 0.124. The summed E-state index contributed by atoms with van der Waals surface area (Å²) in [6.07, 6.45) is 0.124. The first-order valence-corrected chi connectivity index (χ1v) is 8.17. The van der Waals surface area contributed by atoms with Gasteiger partial charge < -0.3 is 10.1 Å². The zero-order valence-corrected chi connectivity index (χ0v) is 14.3. The van der Waals surface area contributed by atoms with Gasteiger partial charge in [-0.15, -0.1) is 0 Å². The summed E-state index contributed by atoms with van der Waals surface area (Å²) in [5.41, 5.74) is 1.65. The number of methoxy groups -OCH3 is 1. The van der Waals surface area contributed by atoms with Gasteiger partial charge in [0, 0.05) is 0 Å². The van der Waals surface area contributed by atoms with Crippen molar-refractivity contribution in [2.45, 2.75) is 19.4 Å². The third-order valence-corrected chi connectivity index (χ3v) is 4.23. The van der Waals surface area contributed by atoms with Crippen LogP contribution in [0, 0.1) is 5.82 Å². The van der Waals surface area contributed by atoms with Gasteiger partial charge in [-0.05, 0) is 47.0 Å². The summed E-state index contributed by atoms with van der Waals surface area (Å²) < 4.78 is 18.6. The number of hydrogen-bond donors (Lipinski definition) is 1. The van der Waals surface area contributed by atoms with Crippen LogP contribution in [0.1, 0.15) is 24.1 Å². The number of fused-ring (bicyclic) bond motifs is 1. The fourth-order valence-electron chi connectivity index (χ4n) is 2.86. The van der Waals surface area contributed by atoms with Gasteiger partial charge in [-0.2, -0.15) is 0 Å². The van der Waals surface area contributed by atoms with Crippen LogP contribution < -0.4 is 10.1 Å². The van der Waals surface area contributed by atoms with Gasteiger partial charge in [0.25, 0.3) is 0 Å². The molecule has 0 bridgehead atoms. The second kappa shape index (κ2) is 7.34. The molecule has 0 heterocycles. The highest BCUT2D eigenvalue weighted by Gasteiger charge is 2.12. The molecule has 128 valence electrons. The Hall–Kier alpha value is -2.88. The Morgan fingerprint density at radius 2 is 1.84 bits per heavy atom. The van der Waals surface area contributed by atoms with Crippen LogP contribution in [0.5, 0.6) is 5.75 Å². The number of halogens is 1. The highest BCUT2D eigenvalue weighted by atomic mass is 19.1. The topological polar surface area (TPSA) is 38.3 Å². The molecule has 0 aromatic heterocycles. The van der Waals surface area contributed by atoms with E-state index in [2.05, 4.69) is 17.4 Å². The fraction of sp³-hybridized carbons (Fsp3) is 0.190. The molecule has 0 fully saturated rings. The van der Waals surface area contributed by atoms with Gasteiger partial charge in [-0.25, -0.2) is 4.39 Å². The second-order valence-corrected chi connectivity index (χ2v) is 6.04. The van der Waals surface area contributed by atoms with Crippen LogP contribution in [-0.2, 0) is 11.2 Å². The van der Waals surface area contributed by atoms with Gasteiger partial charge in [-0.1, -0.05) is 42.5 Å². The molecule has 0 spiro atoms. The lowest BCUT2D eigenvalue weighted by atomic mass is 10.0. The van der Waals surface area contributed by atoms with E-state index in [1.54, 1.807) is 6.07 Å². The van der Waals surface area contributed by atoms with Crippen LogP contribution in [-0.4, -0.2) is 13.0 Å². The minimum Gasteiger partial charge on any atom is -0.494 e. The van der Waals surface area contributed by atoms with Gasteiger partial charge in [0.2, 0.25) is 5.91 Å². The molecule has 0 saturated heterocycles. The zero-order chi connectivity index (χ0) is 17.8. The maximum atomic E-state index is 13.7. The molecule has 0 aliphatic rings. The first kappa shape index (κ1) is 17.0. The van der Waals surface area contributed by atoms with Gasteiger partial charge in [-0.3, -0.25) is 4.79 Å². The molecule has 1 amide bonds. The van der Waals surface area contributed by atoms with E-state index in [1.807, 2.05) is 37.3 Å². The summed E-state index contributed by atoms with van der Waals surface area (Å²) >= 11 is 0. The van der Waals surface area contributed by atoms with E-state index in [-0.39, 0.29) is 24.1 Å². The maximum Gasteiger partial charge on any atom is 0.224 e. The highest BCUT2D eigenvalue weighted by Crippen LogP contribution is 2.21. The van der Waals surface area contributed by atoms with E-state index < -0.39 is 5.82 Å². The van der Waals surface area contributed by atoms with E-state index in [0.717, 1.165) is 10.9 Å². The Balaban J connectivity index is 1.68. The molecule has 25 heavy (non-hydrogen) atoms. The first-order chi connectivity index (χ1) is 12.1. The normalized spacial score (nSPS) is 12.0. The molecular formula is C21H20FNO2. The van der Waals surface area contributed by atoms with Crippen LogP contribution in [0.15, 0.2) is 60.7 Å². The lowest BCUT2D eigenvalue weighted by molar-refractivity contribution is -0.121. The maximum absolute atomic E-state index is 13.7. The number of benzene rings is 3. The molecule has 0 aliphatic heterocycles. The fourth-order valence-corrected chi connectivity index (χ4v) is 2.86. The monoisotopic (exact) mass is 337 g/mol. The van der Waals surface area contributed by atoms with Gasteiger partial charge in [0.05, 0.1) is 19.6 Å². The average Bonchev–Trinajstić information content (AvgIpc) is 2.61. The minimum atomic E-state index is -0.463. The van der Waals surface area contributed by atoms with Crippen molar-refractivity contribution in [3.05, 3.63) is 77.6 Å². The quantitative estimate of drug-likeness (QED) is 0.749. The van der Waals surface area contributed by atoms with Gasteiger partial charge in [0.1, 0.15) is 0 Å². The van der Waals surface area contributed by atoms with Crippen molar-refractivity contribution in [1.82, 2.24) is 5.32 Å². The van der Waals surface area contributed by atoms with Crippen LogP contribution in [0.4, 0.5) is 4.39 Å². The number of nitrogens with one attached hydrogen (secondary N) is 1. The summed E-state index contributed by atoms with van der Waals surface area (Å²) in [6.45, 7) is 1.94. The molecule has 1 atom stereocenters. The highest BCUT2D eigenvalue weighted by molar-refractivity contribution is 5.83. The molecule has 3 aromatic rings. The molecule has 1 unspecified atom stereocenters. The number of carbonyl (C=O) groups is 1. The van der Waals surface area contributed by atoms with E-state index in [9.17, 15) is 9.18 Å². The van der Waals surface area contributed by atoms with E-state index >= 15 is 0 Å². The molecular weight excluding hydrogens is 317 g/mol. The van der Waals surface area contributed by atoms with Crippen molar-refractivity contribution in [1.29, 1.82) is 0 Å². The summed E-state index contributed by atoms with van der Waals surface area (Å²) in [5, 5.41) is 5.27. The summed E-state index contributed by atoms with van der Waals surface area (Å²) in [7, 11) is 1.41. The Kier molecular flexibility index (Phi) is 4.98. The number of hydrogen-bond acceptors (Lipinski definition) is 2. The van der Waals surface area contributed by atoms with E-state index in [0.29, 0.717) is 5.56 Å². The SMILES string of the molecule is COc1ccc(CC(=O)NC(C)c2ccc3ccccc3c2)cc1F. The van der Waals surface area contributed by atoms with Crippen molar-refractivity contribution >= 4 is 16.7 Å². The summed E-state index contributed by atoms with van der Waals surface area (Å²) in [4.78, 5) is 12.3. The Bertz CT molecular complexity index is 907. The third-order valence-electron chi connectivity index (χ3n) is 4.23. The Morgan fingerprint density at radius 1 is 1.08 bits per heavy atom. The Labute approximate surface area is 146 Å². The first-order valence-electron chi connectivity index (χ1n) is 8.17. The number of rotatable bonds is 5. The predicted octanol–water partition coefficient (Wildman–Crippen LogP) is 4.41. The van der Waals surface area contributed by atoms with Crippen LogP contribution in [0.2, 0.25) is 0 Å². The smallest absolute Gasteiger partial charge is 0.224 e.